The third-order valence-electron chi connectivity index (χ3n) is 7.86. The molecule has 226 valence electrons. The smallest absolute Gasteiger partial charge is 0.317 e. The van der Waals surface area contributed by atoms with E-state index in [0.717, 1.165) is 22.3 Å². The van der Waals surface area contributed by atoms with E-state index in [0.29, 0.717) is 25.3 Å². The molecule has 0 radical (unpaired) electrons. The lowest BCUT2D eigenvalue weighted by molar-refractivity contribution is -0.0161. The van der Waals surface area contributed by atoms with Crippen molar-refractivity contribution in [1.29, 1.82) is 0 Å². The Balaban J connectivity index is 1.35. The molecule has 1 fully saturated rings. The number of piperidine rings is 1. The highest BCUT2D eigenvalue weighted by atomic mass is 32.2. The summed E-state index contributed by atoms with van der Waals surface area (Å²) >= 11 is 0. The molecular formula is C32H32N6O5S. The monoisotopic (exact) mass is 612 g/mol. The molecule has 4 bridgehead atoms. The summed E-state index contributed by atoms with van der Waals surface area (Å²) in [4.78, 5) is 37.1. The highest BCUT2D eigenvalue weighted by Crippen LogP contribution is 2.33. The third-order valence-corrected chi connectivity index (χ3v) is 9.18. The SMILES string of the molecule is Cc1cccc(C)c1-c1cc2nc(n1)NS(=O)(=O)c1cccc(c1)C(=O)NC1(CCN(C(=O)NCc3ccccc3)CC1)O2. The number of benzene rings is 3. The number of amides is 3. The van der Waals surface area contributed by atoms with E-state index in [1.807, 2.05) is 62.4 Å². The standard InChI is InChI=1S/C32H32N6O5S/c1-21-8-6-9-22(2)28(21)26-19-27-35-30(34-26)37-44(41,42)25-13-7-12-24(18-25)29(39)36-32(43-27)14-16-38(17-15-32)31(40)33-20-23-10-4-3-5-11-23/h3-13,18-19H,14-17,20H2,1-2H3,(H,33,40)(H,36,39)(H,34,35,37). The van der Waals surface area contributed by atoms with Crippen LogP contribution in [0.25, 0.3) is 11.3 Å². The van der Waals surface area contributed by atoms with E-state index < -0.39 is 21.7 Å². The maximum Gasteiger partial charge on any atom is 0.317 e. The number of ether oxygens (including phenoxy) is 1. The van der Waals surface area contributed by atoms with E-state index in [9.17, 15) is 18.0 Å². The van der Waals surface area contributed by atoms with Crippen molar-refractivity contribution in [2.24, 2.45) is 0 Å². The lowest BCUT2D eigenvalue weighted by Crippen LogP contribution is -2.60. The van der Waals surface area contributed by atoms with Crippen LogP contribution in [0.15, 0.2) is 83.8 Å². The number of carbonyl (C=O) groups is 2. The van der Waals surface area contributed by atoms with Gasteiger partial charge < -0.3 is 20.3 Å². The molecule has 12 heteroatoms. The zero-order chi connectivity index (χ0) is 30.9. The quantitative estimate of drug-likeness (QED) is 0.312. The predicted molar refractivity (Wildman–Crippen MR) is 165 cm³/mol. The number of hydrogen-bond donors (Lipinski definition) is 3. The average Bonchev–Trinajstić information content (AvgIpc) is 3.00. The minimum absolute atomic E-state index is 0.0851. The maximum absolute atomic E-state index is 13.5. The fourth-order valence-corrected chi connectivity index (χ4v) is 6.53. The normalized spacial score (nSPS) is 16.9. The largest absolute Gasteiger partial charge is 0.451 e. The molecule has 0 atom stereocenters. The number of fused-ring (bicyclic) bond motifs is 4. The highest BCUT2D eigenvalue weighted by molar-refractivity contribution is 7.92. The van der Waals surface area contributed by atoms with E-state index in [1.165, 1.54) is 24.3 Å². The minimum atomic E-state index is -4.13. The van der Waals surface area contributed by atoms with Crippen molar-refractivity contribution >= 4 is 27.9 Å². The van der Waals surface area contributed by atoms with Crippen LogP contribution in [0.3, 0.4) is 0 Å². The molecular weight excluding hydrogens is 580 g/mol. The number of aryl methyl sites for hydroxylation is 2. The Morgan fingerprint density at radius 3 is 2.39 bits per heavy atom. The summed E-state index contributed by atoms with van der Waals surface area (Å²) in [6.07, 6.45) is 0.530. The molecule has 44 heavy (non-hydrogen) atoms. The number of urea groups is 1. The van der Waals surface area contributed by atoms with Crippen LogP contribution in [0, 0.1) is 13.8 Å². The Hall–Kier alpha value is -4.97. The molecule has 3 aromatic carbocycles. The molecule has 3 N–H and O–H groups in total. The van der Waals surface area contributed by atoms with Gasteiger partial charge >= 0.3 is 6.03 Å². The Kier molecular flexibility index (Phi) is 7.68. The zero-order valence-corrected chi connectivity index (χ0v) is 25.1. The number of sulfonamides is 1. The Morgan fingerprint density at radius 1 is 0.955 bits per heavy atom. The molecule has 2 aliphatic heterocycles. The molecule has 3 amide bonds. The van der Waals surface area contributed by atoms with Crippen molar-refractivity contribution in [3.05, 3.63) is 101 Å². The first-order valence-electron chi connectivity index (χ1n) is 14.3. The number of anilines is 1. The number of nitrogens with zero attached hydrogens (tertiary/aromatic N) is 3. The van der Waals surface area contributed by atoms with E-state index in [-0.39, 0.29) is 41.2 Å². The van der Waals surface area contributed by atoms with Crippen molar-refractivity contribution < 1.29 is 22.7 Å². The second-order valence-corrected chi connectivity index (χ2v) is 12.7. The summed E-state index contributed by atoms with van der Waals surface area (Å²) < 4.78 is 35.6. The van der Waals surface area contributed by atoms with E-state index in [2.05, 4.69) is 25.3 Å². The Bertz CT molecular complexity index is 1820. The zero-order valence-electron chi connectivity index (χ0n) is 24.3. The minimum Gasteiger partial charge on any atom is -0.451 e. The van der Waals surface area contributed by atoms with Gasteiger partial charge in [-0.2, -0.15) is 4.98 Å². The first kappa shape index (κ1) is 29.1. The van der Waals surface area contributed by atoms with Gasteiger partial charge in [-0.25, -0.2) is 22.9 Å². The van der Waals surface area contributed by atoms with Gasteiger partial charge in [-0.05, 0) is 48.7 Å². The lowest BCUT2D eigenvalue weighted by atomic mass is 9.98. The summed E-state index contributed by atoms with van der Waals surface area (Å²) in [5, 5.41) is 5.95. The summed E-state index contributed by atoms with van der Waals surface area (Å²) in [6, 6.07) is 22.6. The molecule has 1 saturated heterocycles. The number of carbonyl (C=O) groups excluding carboxylic acids is 2. The Morgan fingerprint density at radius 2 is 1.66 bits per heavy atom. The number of nitrogens with one attached hydrogen (secondary N) is 3. The lowest BCUT2D eigenvalue weighted by Gasteiger charge is -2.41. The molecule has 6 rings (SSSR count). The van der Waals surface area contributed by atoms with Gasteiger partial charge in [0, 0.05) is 49.7 Å². The summed E-state index contributed by atoms with van der Waals surface area (Å²) in [7, 11) is -4.13. The van der Waals surface area contributed by atoms with Crippen molar-refractivity contribution in [3.8, 4) is 17.1 Å². The molecule has 3 heterocycles. The van der Waals surface area contributed by atoms with Gasteiger partial charge in [-0.3, -0.25) is 4.79 Å². The fourth-order valence-electron chi connectivity index (χ4n) is 5.54. The van der Waals surface area contributed by atoms with Gasteiger partial charge in [0.05, 0.1) is 10.6 Å². The molecule has 0 unspecified atom stereocenters. The van der Waals surface area contributed by atoms with Crippen molar-refractivity contribution in [2.75, 3.05) is 17.8 Å². The molecule has 11 nitrogen and oxygen atoms in total. The van der Waals surface area contributed by atoms with Crippen molar-refractivity contribution in [1.82, 2.24) is 25.5 Å². The number of likely N-dealkylation sites (tertiary alicyclic amines) is 1. The van der Waals surface area contributed by atoms with Gasteiger partial charge in [0.15, 0.2) is 5.72 Å². The third kappa shape index (κ3) is 6.06. The second-order valence-electron chi connectivity index (χ2n) is 11.0. The molecule has 1 spiro atoms. The van der Waals surface area contributed by atoms with Gasteiger partial charge in [0.2, 0.25) is 11.8 Å². The maximum atomic E-state index is 13.5. The van der Waals surface area contributed by atoms with Crippen LogP contribution in [-0.2, 0) is 16.6 Å². The summed E-state index contributed by atoms with van der Waals surface area (Å²) in [5.41, 5.74) is 3.07. The molecule has 0 aliphatic carbocycles. The highest BCUT2D eigenvalue weighted by Gasteiger charge is 2.41. The Labute approximate surface area is 255 Å². The average molecular weight is 613 g/mol. The van der Waals surface area contributed by atoms with E-state index in [4.69, 9.17) is 4.74 Å². The van der Waals surface area contributed by atoms with Crippen LogP contribution < -0.4 is 20.1 Å². The van der Waals surface area contributed by atoms with Crippen LogP contribution in [0.4, 0.5) is 10.7 Å². The van der Waals surface area contributed by atoms with E-state index >= 15 is 0 Å². The summed E-state index contributed by atoms with van der Waals surface area (Å²) in [5.74, 6) is -0.582. The van der Waals surface area contributed by atoms with E-state index in [1.54, 1.807) is 11.0 Å². The molecule has 4 aromatic rings. The topological polar surface area (TPSA) is 143 Å². The fraction of sp³-hybridized carbons (Fsp3) is 0.250. The molecule has 0 saturated carbocycles. The van der Waals surface area contributed by atoms with Gasteiger partial charge in [-0.1, -0.05) is 54.6 Å². The molecule has 1 aromatic heterocycles. The predicted octanol–water partition coefficient (Wildman–Crippen LogP) is 4.39. The first-order valence-corrected chi connectivity index (χ1v) is 15.8. The van der Waals surface area contributed by atoms with Crippen LogP contribution in [-0.4, -0.2) is 54.0 Å². The first-order chi connectivity index (χ1) is 21.1. The summed E-state index contributed by atoms with van der Waals surface area (Å²) in [6.45, 7) is 4.88. The van der Waals surface area contributed by atoms with Crippen LogP contribution >= 0.6 is 0 Å². The van der Waals surface area contributed by atoms with Gasteiger partial charge in [0.25, 0.3) is 15.9 Å². The number of rotatable bonds is 3. The van der Waals surface area contributed by atoms with Crippen LogP contribution in [0.2, 0.25) is 0 Å². The van der Waals surface area contributed by atoms with Crippen LogP contribution in [0.1, 0.15) is 39.9 Å². The number of hydrogen-bond acceptors (Lipinski definition) is 7. The van der Waals surface area contributed by atoms with Crippen LogP contribution in [0.5, 0.6) is 5.88 Å². The van der Waals surface area contributed by atoms with Gasteiger partial charge in [0.1, 0.15) is 0 Å². The second kappa shape index (κ2) is 11.6. The van der Waals surface area contributed by atoms with Crippen molar-refractivity contribution in [3.63, 3.8) is 0 Å². The number of aromatic nitrogens is 2. The molecule has 2 aliphatic rings. The van der Waals surface area contributed by atoms with Gasteiger partial charge in [-0.15, -0.1) is 0 Å². The van der Waals surface area contributed by atoms with Crippen molar-refractivity contribution in [2.45, 2.75) is 43.9 Å².